The lowest BCUT2D eigenvalue weighted by molar-refractivity contribution is 0.0698. The van der Waals surface area contributed by atoms with E-state index in [4.69, 9.17) is 4.74 Å². The molecule has 0 amide bonds. The van der Waals surface area contributed by atoms with Crippen molar-refractivity contribution >= 4 is 5.90 Å². The first-order chi connectivity index (χ1) is 7.09. The first-order valence-electron chi connectivity index (χ1n) is 4.48. The van der Waals surface area contributed by atoms with Crippen LogP contribution >= 0.6 is 0 Å². The minimum absolute atomic E-state index is 0.111. The number of hydrogen-bond donors (Lipinski definition) is 0. The van der Waals surface area contributed by atoms with Gasteiger partial charge >= 0.3 is 0 Å². The van der Waals surface area contributed by atoms with Crippen LogP contribution < -0.4 is 0 Å². The van der Waals surface area contributed by atoms with Gasteiger partial charge in [0.1, 0.15) is 11.6 Å². The molecule has 2 rings (SSSR count). The van der Waals surface area contributed by atoms with Gasteiger partial charge in [0.2, 0.25) is 12.1 Å². The van der Waals surface area contributed by atoms with Gasteiger partial charge < -0.3 is 4.74 Å². The van der Waals surface area contributed by atoms with E-state index in [1.807, 2.05) is 0 Å². The fourth-order valence-electron chi connectivity index (χ4n) is 1.53. The number of hydrazone groups is 1. The number of rotatable bonds is 1. The highest BCUT2D eigenvalue weighted by Crippen LogP contribution is 2.30. The molecule has 1 aliphatic heterocycles. The predicted molar refractivity (Wildman–Crippen MR) is 51.1 cm³/mol. The molecule has 0 saturated heterocycles. The molecule has 1 atom stereocenters. The van der Waals surface area contributed by atoms with Crippen LogP contribution in [0.2, 0.25) is 0 Å². The molecule has 1 aromatic carbocycles. The van der Waals surface area contributed by atoms with Crippen molar-refractivity contribution in [2.45, 2.75) is 13.2 Å². The zero-order valence-electron chi connectivity index (χ0n) is 8.37. The van der Waals surface area contributed by atoms with E-state index in [1.54, 1.807) is 14.0 Å². The molecule has 3 nitrogen and oxygen atoms in total. The van der Waals surface area contributed by atoms with Gasteiger partial charge in [-0.1, -0.05) is 6.07 Å². The molecule has 1 unspecified atom stereocenters. The van der Waals surface area contributed by atoms with Crippen LogP contribution in [0.3, 0.4) is 0 Å². The third kappa shape index (κ3) is 1.65. The number of hydrogen-bond acceptors (Lipinski definition) is 3. The average molecular weight is 212 g/mol. The summed E-state index contributed by atoms with van der Waals surface area (Å²) in [4.78, 5) is 0. The quantitative estimate of drug-likeness (QED) is 0.713. The Morgan fingerprint density at radius 3 is 2.40 bits per heavy atom. The molecule has 0 bridgehead atoms. The van der Waals surface area contributed by atoms with E-state index in [1.165, 1.54) is 23.2 Å². The van der Waals surface area contributed by atoms with Crippen LogP contribution in [0, 0.1) is 11.6 Å². The van der Waals surface area contributed by atoms with Crippen molar-refractivity contribution in [3.63, 3.8) is 0 Å². The standard InChI is InChI=1S/C10H10F2N2O/c1-6-13-14(2)10(15-6)9-7(11)4-3-5-8(9)12/h3-5,10H,1-2H3. The highest BCUT2D eigenvalue weighted by atomic mass is 19.1. The molecule has 1 aliphatic rings. The van der Waals surface area contributed by atoms with Crippen molar-refractivity contribution in [1.82, 2.24) is 5.01 Å². The van der Waals surface area contributed by atoms with Crippen molar-refractivity contribution in [3.05, 3.63) is 35.4 Å². The second-order valence-electron chi connectivity index (χ2n) is 3.30. The summed E-state index contributed by atoms with van der Waals surface area (Å²) in [6.07, 6.45) is -0.814. The zero-order chi connectivity index (χ0) is 11.0. The minimum atomic E-state index is -0.814. The van der Waals surface area contributed by atoms with Gasteiger partial charge in [0.25, 0.3) is 0 Å². The maximum absolute atomic E-state index is 13.4. The minimum Gasteiger partial charge on any atom is -0.450 e. The smallest absolute Gasteiger partial charge is 0.220 e. The Hall–Kier alpha value is -1.65. The van der Waals surface area contributed by atoms with E-state index in [0.717, 1.165) is 0 Å². The number of ether oxygens (including phenoxy) is 1. The summed E-state index contributed by atoms with van der Waals surface area (Å²) in [6, 6.07) is 3.71. The van der Waals surface area contributed by atoms with Gasteiger partial charge in [0, 0.05) is 14.0 Å². The highest BCUT2D eigenvalue weighted by molar-refractivity contribution is 5.74. The Bertz CT molecular complexity index is 400. The van der Waals surface area contributed by atoms with E-state index >= 15 is 0 Å². The van der Waals surface area contributed by atoms with Gasteiger partial charge in [-0.3, -0.25) is 5.01 Å². The summed E-state index contributed by atoms with van der Waals surface area (Å²) in [5, 5.41) is 5.31. The van der Waals surface area contributed by atoms with Gasteiger partial charge in [-0.2, -0.15) is 0 Å². The molecule has 0 spiro atoms. The van der Waals surface area contributed by atoms with Crippen molar-refractivity contribution in [1.29, 1.82) is 0 Å². The molecule has 1 heterocycles. The van der Waals surface area contributed by atoms with Crippen LogP contribution in [-0.4, -0.2) is 18.0 Å². The Balaban J connectivity index is 2.39. The normalized spacial score (nSPS) is 20.1. The topological polar surface area (TPSA) is 24.8 Å². The van der Waals surface area contributed by atoms with E-state index in [9.17, 15) is 8.78 Å². The Morgan fingerprint density at radius 1 is 1.33 bits per heavy atom. The molecule has 15 heavy (non-hydrogen) atoms. The first kappa shape index (κ1) is 9.89. The summed E-state index contributed by atoms with van der Waals surface area (Å²) < 4.78 is 32.0. The highest BCUT2D eigenvalue weighted by Gasteiger charge is 2.29. The second-order valence-corrected chi connectivity index (χ2v) is 3.30. The lowest BCUT2D eigenvalue weighted by atomic mass is 10.1. The van der Waals surface area contributed by atoms with E-state index < -0.39 is 17.9 Å². The molecular weight excluding hydrogens is 202 g/mol. The molecule has 0 N–H and O–H groups in total. The summed E-state index contributed by atoms with van der Waals surface area (Å²) >= 11 is 0. The maximum atomic E-state index is 13.4. The summed E-state index contributed by atoms with van der Waals surface area (Å²) in [7, 11) is 1.60. The molecule has 0 fully saturated rings. The fourth-order valence-corrected chi connectivity index (χ4v) is 1.53. The molecule has 0 saturated carbocycles. The third-order valence-electron chi connectivity index (χ3n) is 2.17. The predicted octanol–water partition coefficient (Wildman–Crippen LogP) is 2.26. The average Bonchev–Trinajstić information content (AvgIpc) is 2.45. The Kier molecular flexibility index (Phi) is 2.30. The monoisotopic (exact) mass is 212 g/mol. The van der Waals surface area contributed by atoms with Crippen LogP contribution in [0.5, 0.6) is 0 Å². The van der Waals surface area contributed by atoms with Crippen LogP contribution in [0.15, 0.2) is 23.3 Å². The van der Waals surface area contributed by atoms with Gasteiger partial charge in [-0.05, 0) is 12.1 Å². The van der Waals surface area contributed by atoms with E-state index in [2.05, 4.69) is 5.10 Å². The summed E-state index contributed by atoms with van der Waals surface area (Å²) in [6.45, 7) is 1.63. The molecular formula is C10H10F2N2O. The molecule has 1 aromatic rings. The Morgan fingerprint density at radius 2 is 1.93 bits per heavy atom. The first-order valence-corrected chi connectivity index (χ1v) is 4.48. The van der Waals surface area contributed by atoms with E-state index in [-0.39, 0.29) is 5.56 Å². The summed E-state index contributed by atoms with van der Waals surface area (Å²) in [5.41, 5.74) is -0.111. The van der Waals surface area contributed by atoms with Crippen molar-refractivity contribution in [3.8, 4) is 0 Å². The number of halogens is 2. The zero-order valence-corrected chi connectivity index (χ0v) is 8.37. The Labute approximate surface area is 86.0 Å². The third-order valence-corrected chi connectivity index (χ3v) is 2.17. The van der Waals surface area contributed by atoms with Gasteiger partial charge in [0.05, 0.1) is 5.56 Å². The van der Waals surface area contributed by atoms with Crippen molar-refractivity contribution in [2.24, 2.45) is 5.10 Å². The molecule has 0 aliphatic carbocycles. The fraction of sp³-hybridized carbons (Fsp3) is 0.300. The number of nitrogens with zero attached hydrogens (tertiary/aromatic N) is 2. The molecule has 0 radical (unpaired) electrons. The van der Waals surface area contributed by atoms with Gasteiger partial charge in [-0.25, -0.2) is 8.78 Å². The van der Waals surface area contributed by atoms with Crippen molar-refractivity contribution in [2.75, 3.05) is 7.05 Å². The largest absolute Gasteiger partial charge is 0.450 e. The van der Waals surface area contributed by atoms with Crippen LogP contribution in [0.1, 0.15) is 18.7 Å². The lowest BCUT2D eigenvalue weighted by Crippen LogP contribution is -2.18. The van der Waals surface area contributed by atoms with Crippen molar-refractivity contribution < 1.29 is 13.5 Å². The molecule has 0 aromatic heterocycles. The van der Waals surface area contributed by atoms with Gasteiger partial charge in [-0.15, -0.1) is 5.10 Å². The summed E-state index contributed by atoms with van der Waals surface area (Å²) in [5.74, 6) is -0.862. The van der Waals surface area contributed by atoms with E-state index in [0.29, 0.717) is 5.90 Å². The number of benzene rings is 1. The van der Waals surface area contributed by atoms with Gasteiger partial charge in [0.15, 0.2) is 0 Å². The van der Waals surface area contributed by atoms with Crippen LogP contribution in [-0.2, 0) is 4.74 Å². The molecule has 5 heteroatoms. The second kappa shape index (κ2) is 3.49. The van der Waals surface area contributed by atoms with Crippen LogP contribution in [0.4, 0.5) is 8.78 Å². The lowest BCUT2D eigenvalue weighted by Gasteiger charge is -2.18. The SMILES string of the molecule is CC1=NN(C)C(c2c(F)cccc2F)O1. The van der Waals surface area contributed by atoms with Crippen LogP contribution in [0.25, 0.3) is 0 Å². The maximum Gasteiger partial charge on any atom is 0.220 e. The molecule has 80 valence electrons.